The fourth-order valence-electron chi connectivity index (χ4n) is 2.96. The maximum atomic E-state index is 12.0. The van der Waals surface area contributed by atoms with Gasteiger partial charge < -0.3 is 10.6 Å². The first-order valence-electron chi connectivity index (χ1n) is 8.81. The molecule has 0 aliphatic carbocycles. The van der Waals surface area contributed by atoms with Gasteiger partial charge in [-0.3, -0.25) is 14.5 Å². The van der Waals surface area contributed by atoms with Crippen LogP contribution in [0.2, 0.25) is 0 Å². The molecule has 0 spiro atoms. The van der Waals surface area contributed by atoms with Gasteiger partial charge in [-0.1, -0.05) is 6.42 Å². The van der Waals surface area contributed by atoms with E-state index < -0.39 is 0 Å². The Bertz CT molecular complexity index is 522. The highest BCUT2D eigenvalue weighted by atomic mass is 32.1. The maximum Gasteiger partial charge on any atom is 0.252 e. The average molecular weight is 352 g/mol. The first-order valence-corrected chi connectivity index (χ1v) is 9.75. The van der Waals surface area contributed by atoms with E-state index in [2.05, 4.69) is 29.4 Å². The Labute approximate surface area is 148 Å². The molecule has 0 atom stereocenters. The summed E-state index contributed by atoms with van der Waals surface area (Å²) in [5.41, 5.74) is 0.691. The number of rotatable bonds is 8. The summed E-state index contributed by atoms with van der Waals surface area (Å²) in [6, 6.07) is 1.80. The summed E-state index contributed by atoms with van der Waals surface area (Å²) in [6.07, 6.45) is 4.92. The highest BCUT2D eigenvalue weighted by Crippen LogP contribution is 2.19. The lowest BCUT2D eigenvalue weighted by Crippen LogP contribution is -2.53. The van der Waals surface area contributed by atoms with Gasteiger partial charge in [0.1, 0.15) is 0 Å². The molecule has 0 unspecified atom stereocenters. The van der Waals surface area contributed by atoms with Crippen LogP contribution in [-0.4, -0.2) is 48.4 Å². The zero-order valence-electron chi connectivity index (χ0n) is 14.8. The van der Waals surface area contributed by atoms with Gasteiger partial charge >= 0.3 is 0 Å². The zero-order valence-corrected chi connectivity index (χ0v) is 15.6. The predicted octanol–water partition coefficient (Wildman–Crippen LogP) is 2.64. The van der Waals surface area contributed by atoms with Crippen molar-refractivity contribution in [3.63, 3.8) is 0 Å². The van der Waals surface area contributed by atoms with Crippen molar-refractivity contribution in [2.24, 2.45) is 0 Å². The molecule has 2 heterocycles. The lowest BCUT2D eigenvalue weighted by atomic mass is 9.98. The van der Waals surface area contributed by atoms with Crippen molar-refractivity contribution in [2.45, 2.75) is 51.5 Å². The van der Waals surface area contributed by atoms with Gasteiger partial charge in [-0.05, 0) is 57.6 Å². The molecule has 2 N–H and O–H groups in total. The average Bonchev–Trinajstić information content (AvgIpc) is 3.12. The predicted molar refractivity (Wildman–Crippen MR) is 98.4 cm³/mol. The van der Waals surface area contributed by atoms with Crippen LogP contribution in [0.15, 0.2) is 16.8 Å². The Kier molecular flexibility index (Phi) is 7.24. The normalized spacial score (nSPS) is 15.9. The Morgan fingerprint density at radius 3 is 2.62 bits per heavy atom. The van der Waals surface area contributed by atoms with Crippen molar-refractivity contribution < 1.29 is 9.59 Å². The second kappa shape index (κ2) is 9.18. The minimum Gasteiger partial charge on any atom is -0.354 e. The van der Waals surface area contributed by atoms with Gasteiger partial charge in [-0.2, -0.15) is 11.3 Å². The zero-order chi connectivity index (χ0) is 17.4. The van der Waals surface area contributed by atoms with Crippen LogP contribution in [0.3, 0.4) is 0 Å². The fourth-order valence-corrected chi connectivity index (χ4v) is 3.60. The molecule has 2 rings (SSSR count). The van der Waals surface area contributed by atoms with E-state index in [1.807, 2.05) is 10.8 Å². The van der Waals surface area contributed by atoms with E-state index in [0.29, 0.717) is 31.5 Å². The highest BCUT2D eigenvalue weighted by Gasteiger charge is 2.28. The van der Waals surface area contributed by atoms with Crippen LogP contribution >= 0.6 is 11.3 Å². The number of nitrogens with zero attached hydrogens (tertiary/aromatic N) is 1. The van der Waals surface area contributed by atoms with E-state index >= 15 is 0 Å². The van der Waals surface area contributed by atoms with Crippen LogP contribution in [0.4, 0.5) is 0 Å². The van der Waals surface area contributed by atoms with Crippen LogP contribution in [0, 0.1) is 0 Å². The molecule has 134 valence electrons. The van der Waals surface area contributed by atoms with Crippen LogP contribution in [0.1, 0.15) is 56.3 Å². The molecule has 1 saturated heterocycles. The Hall–Kier alpha value is -1.40. The number of hydrogen-bond acceptors (Lipinski definition) is 4. The third-order valence-electron chi connectivity index (χ3n) is 4.58. The minimum atomic E-state index is -0.0668. The molecule has 2 amide bonds. The maximum absolute atomic E-state index is 12.0. The number of nitrogens with one attached hydrogen (secondary N) is 2. The Morgan fingerprint density at radius 2 is 1.96 bits per heavy atom. The molecule has 0 bridgehead atoms. The van der Waals surface area contributed by atoms with Crippen molar-refractivity contribution in [1.82, 2.24) is 15.5 Å². The summed E-state index contributed by atoms with van der Waals surface area (Å²) < 4.78 is 0. The molecule has 5 nitrogen and oxygen atoms in total. The van der Waals surface area contributed by atoms with Gasteiger partial charge in [0.2, 0.25) is 5.91 Å². The summed E-state index contributed by atoms with van der Waals surface area (Å²) in [5, 5.41) is 9.59. The standard InChI is InChI=1S/C18H29N3O2S/c1-18(2,21-10-4-3-5-11-21)14-20-16(22)7-6-9-19-17(23)15-8-12-24-13-15/h8,12-13H,3-7,9-11,14H2,1-2H3,(H,19,23)(H,20,22). The topological polar surface area (TPSA) is 61.4 Å². The summed E-state index contributed by atoms with van der Waals surface area (Å²) in [7, 11) is 0. The van der Waals surface area contributed by atoms with Crippen LogP contribution in [-0.2, 0) is 4.79 Å². The number of carbonyl (C=O) groups is 2. The van der Waals surface area contributed by atoms with E-state index in [1.54, 1.807) is 6.07 Å². The summed E-state index contributed by atoms with van der Waals surface area (Å²) in [6.45, 7) is 7.83. The third-order valence-corrected chi connectivity index (χ3v) is 5.26. The highest BCUT2D eigenvalue weighted by molar-refractivity contribution is 7.08. The second-order valence-corrected chi connectivity index (χ2v) is 7.79. The number of thiophene rings is 1. The van der Waals surface area contributed by atoms with Gasteiger partial charge in [0, 0.05) is 36.0 Å². The first-order chi connectivity index (χ1) is 11.5. The molecule has 1 aliphatic rings. The van der Waals surface area contributed by atoms with Crippen molar-refractivity contribution in [3.8, 4) is 0 Å². The van der Waals surface area contributed by atoms with Gasteiger partial charge in [0.25, 0.3) is 5.91 Å². The number of likely N-dealkylation sites (tertiary alicyclic amines) is 1. The molecule has 6 heteroatoms. The summed E-state index contributed by atoms with van der Waals surface area (Å²) in [5.74, 6) is -0.00671. The number of carbonyl (C=O) groups excluding carboxylic acids is 2. The number of piperidine rings is 1. The molecular formula is C18H29N3O2S. The summed E-state index contributed by atoms with van der Waals surface area (Å²) in [4.78, 5) is 26.2. The lowest BCUT2D eigenvalue weighted by Gasteiger charge is -2.41. The molecule has 24 heavy (non-hydrogen) atoms. The number of hydrogen-bond donors (Lipinski definition) is 2. The first kappa shape index (κ1) is 18.9. The molecule has 1 aromatic rings. The summed E-state index contributed by atoms with van der Waals surface area (Å²) >= 11 is 1.50. The van der Waals surface area contributed by atoms with E-state index in [0.717, 1.165) is 13.1 Å². The van der Waals surface area contributed by atoms with Crippen molar-refractivity contribution in [2.75, 3.05) is 26.2 Å². The Morgan fingerprint density at radius 1 is 1.21 bits per heavy atom. The van der Waals surface area contributed by atoms with E-state index in [4.69, 9.17) is 0 Å². The van der Waals surface area contributed by atoms with Crippen molar-refractivity contribution in [3.05, 3.63) is 22.4 Å². The van der Waals surface area contributed by atoms with Gasteiger partial charge in [0.05, 0.1) is 0 Å². The van der Waals surface area contributed by atoms with E-state index in [-0.39, 0.29) is 17.4 Å². The van der Waals surface area contributed by atoms with Gasteiger partial charge in [0.15, 0.2) is 0 Å². The monoisotopic (exact) mass is 351 g/mol. The SMILES string of the molecule is CC(C)(CNC(=O)CCCNC(=O)c1ccsc1)N1CCCCC1. The third kappa shape index (κ3) is 5.91. The molecule has 1 fully saturated rings. The van der Waals surface area contributed by atoms with Gasteiger partial charge in [-0.25, -0.2) is 0 Å². The molecule has 1 aliphatic heterocycles. The van der Waals surface area contributed by atoms with E-state index in [1.165, 1.54) is 30.6 Å². The Balaban J connectivity index is 1.60. The van der Waals surface area contributed by atoms with Crippen LogP contribution < -0.4 is 10.6 Å². The molecule has 1 aromatic heterocycles. The van der Waals surface area contributed by atoms with Crippen molar-refractivity contribution in [1.29, 1.82) is 0 Å². The largest absolute Gasteiger partial charge is 0.354 e. The minimum absolute atomic E-state index is 0.00322. The second-order valence-electron chi connectivity index (χ2n) is 7.01. The molecule has 0 radical (unpaired) electrons. The quantitative estimate of drug-likeness (QED) is 0.708. The lowest BCUT2D eigenvalue weighted by molar-refractivity contribution is -0.121. The molecule has 0 saturated carbocycles. The number of amides is 2. The van der Waals surface area contributed by atoms with E-state index in [9.17, 15) is 9.59 Å². The molecular weight excluding hydrogens is 322 g/mol. The van der Waals surface area contributed by atoms with Crippen molar-refractivity contribution >= 4 is 23.2 Å². The van der Waals surface area contributed by atoms with Crippen LogP contribution in [0.25, 0.3) is 0 Å². The smallest absolute Gasteiger partial charge is 0.252 e. The molecule has 0 aromatic carbocycles. The van der Waals surface area contributed by atoms with Gasteiger partial charge in [-0.15, -0.1) is 0 Å². The van der Waals surface area contributed by atoms with Crippen LogP contribution in [0.5, 0.6) is 0 Å². The fraction of sp³-hybridized carbons (Fsp3) is 0.667.